The molecular weight excluding hydrogens is 353 g/mol. The third-order valence-corrected chi connectivity index (χ3v) is 6.71. The molecule has 2 heterocycles. The SMILES string of the molecule is COCCC(=O)NC1CCC2CN(c3nc4cccc(F)c4s3)CC2C1. The number of hydrogen-bond donors (Lipinski definition) is 1. The van der Waals surface area contributed by atoms with Gasteiger partial charge in [-0.2, -0.15) is 0 Å². The van der Waals surface area contributed by atoms with Crippen LogP contribution in [0.1, 0.15) is 25.7 Å². The molecule has 0 radical (unpaired) electrons. The van der Waals surface area contributed by atoms with Gasteiger partial charge >= 0.3 is 0 Å². The normalized spacial score (nSPS) is 25.5. The molecule has 26 heavy (non-hydrogen) atoms. The number of hydrogen-bond acceptors (Lipinski definition) is 5. The zero-order valence-electron chi connectivity index (χ0n) is 14.9. The number of methoxy groups -OCH3 is 1. The third kappa shape index (κ3) is 3.55. The molecule has 1 aromatic heterocycles. The fourth-order valence-corrected chi connectivity index (χ4v) is 5.24. The molecule has 2 aliphatic rings. The molecule has 5 nitrogen and oxygen atoms in total. The summed E-state index contributed by atoms with van der Waals surface area (Å²) in [6.45, 7) is 2.39. The standard InChI is InChI=1S/C19H24FN3O2S/c1-25-8-7-17(24)21-14-6-5-12-10-23(11-13(12)9-14)19-22-16-4-2-3-15(20)18(16)26-19/h2-4,12-14H,5-11H2,1H3,(H,21,24). The van der Waals surface area contributed by atoms with Crippen LogP contribution in [0.25, 0.3) is 10.2 Å². The van der Waals surface area contributed by atoms with Crippen molar-refractivity contribution in [3.05, 3.63) is 24.0 Å². The molecule has 2 fully saturated rings. The van der Waals surface area contributed by atoms with E-state index in [4.69, 9.17) is 4.74 Å². The Kier molecular flexibility index (Phi) is 5.09. The highest BCUT2D eigenvalue weighted by atomic mass is 32.1. The molecule has 1 aliphatic carbocycles. The first kappa shape index (κ1) is 17.7. The average molecular weight is 377 g/mol. The second-order valence-corrected chi connectivity index (χ2v) is 8.31. The highest BCUT2D eigenvalue weighted by Crippen LogP contribution is 2.40. The Morgan fingerprint density at radius 2 is 2.23 bits per heavy atom. The summed E-state index contributed by atoms with van der Waals surface area (Å²) in [5.74, 6) is 1.08. The first-order valence-corrected chi connectivity index (χ1v) is 10.0. The van der Waals surface area contributed by atoms with Crippen LogP contribution in [0.3, 0.4) is 0 Å². The summed E-state index contributed by atoms with van der Waals surface area (Å²) in [6.07, 6.45) is 3.58. The minimum Gasteiger partial charge on any atom is -0.384 e. The van der Waals surface area contributed by atoms with Crippen molar-refractivity contribution in [1.82, 2.24) is 10.3 Å². The maximum absolute atomic E-state index is 13.9. The van der Waals surface area contributed by atoms with Gasteiger partial charge in [-0.15, -0.1) is 0 Å². The summed E-state index contributed by atoms with van der Waals surface area (Å²) in [7, 11) is 1.61. The zero-order chi connectivity index (χ0) is 18.1. The van der Waals surface area contributed by atoms with Gasteiger partial charge in [-0.25, -0.2) is 9.37 Å². The van der Waals surface area contributed by atoms with Crippen molar-refractivity contribution in [1.29, 1.82) is 0 Å². The van der Waals surface area contributed by atoms with E-state index >= 15 is 0 Å². The van der Waals surface area contributed by atoms with Crippen LogP contribution in [0.2, 0.25) is 0 Å². The highest BCUT2D eigenvalue weighted by Gasteiger charge is 2.39. The Morgan fingerprint density at radius 1 is 1.38 bits per heavy atom. The Labute approximate surface area is 156 Å². The number of amides is 1. The molecule has 1 aliphatic heterocycles. The van der Waals surface area contributed by atoms with E-state index in [0.29, 0.717) is 29.6 Å². The lowest BCUT2D eigenvalue weighted by molar-refractivity contribution is -0.123. The van der Waals surface area contributed by atoms with Gasteiger partial charge in [0.1, 0.15) is 5.82 Å². The van der Waals surface area contributed by atoms with Gasteiger partial charge in [0, 0.05) is 32.7 Å². The third-order valence-electron chi connectivity index (χ3n) is 5.57. The summed E-state index contributed by atoms with van der Waals surface area (Å²) >= 11 is 1.44. The van der Waals surface area contributed by atoms with Crippen molar-refractivity contribution in [3.63, 3.8) is 0 Å². The van der Waals surface area contributed by atoms with Gasteiger partial charge in [0.25, 0.3) is 0 Å². The van der Waals surface area contributed by atoms with Crippen LogP contribution in [-0.4, -0.2) is 43.7 Å². The second-order valence-electron chi connectivity index (χ2n) is 7.33. The first-order chi connectivity index (χ1) is 12.6. The lowest BCUT2D eigenvalue weighted by Gasteiger charge is -2.31. The monoisotopic (exact) mass is 377 g/mol. The topological polar surface area (TPSA) is 54.5 Å². The Bertz CT molecular complexity index is 796. The van der Waals surface area contributed by atoms with E-state index in [1.807, 2.05) is 6.07 Å². The van der Waals surface area contributed by atoms with E-state index in [-0.39, 0.29) is 17.8 Å². The molecule has 3 unspecified atom stereocenters. The van der Waals surface area contributed by atoms with E-state index in [0.717, 1.165) is 43.0 Å². The number of carbonyl (C=O) groups is 1. The van der Waals surface area contributed by atoms with Crippen molar-refractivity contribution in [2.24, 2.45) is 11.8 Å². The smallest absolute Gasteiger partial charge is 0.222 e. The molecular formula is C19H24FN3O2S. The maximum atomic E-state index is 13.9. The number of halogens is 1. The molecule has 1 N–H and O–H groups in total. The number of nitrogens with one attached hydrogen (secondary N) is 1. The molecule has 1 aromatic carbocycles. The number of benzene rings is 1. The van der Waals surface area contributed by atoms with Crippen LogP contribution >= 0.6 is 11.3 Å². The lowest BCUT2D eigenvalue weighted by atomic mass is 9.79. The Morgan fingerprint density at radius 3 is 3.04 bits per heavy atom. The van der Waals surface area contributed by atoms with Crippen LogP contribution in [0, 0.1) is 17.7 Å². The predicted molar refractivity (Wildman–Crippen MR) is 101 cm³/mol. The van der Waals surface area contributed by atoms with Gasteiger partial charge in [0.2, 0.25) is 5.91 Å². The highest BCUT2D eigenvalue weighted by molar-refractivity contribution is 7.22. The predicted octanol–water partition coefficient (Wildman–Crippen LogP) is 3.19. The van der Waals surface area contributed by atoms with Gasteiger partial charge in [-0.1, -0.05) is 17.4 Å². The maximum Gasteiger partial charge on any atom is 0.222 e. The van der Waals surface area contributed by atoms with Gasteiger partial charge < -0.3 is 15.0 Å². The molecule has 0 spiro atoms. The Balaban J connectivity index is 1.39. The van der Waals surface area contributed by atoms with Gasteiger partial charge in [-0.3, -0.25) is 4.79 Å². The number of thiazole rings is 1. The minimum absolute atomic E-state index is 0.0757. The van der Waals surface area contributed by atoms with E-state index < -0.39 is 0 Å². The van der Waals surface area contributed by atoms with Crippen molar-refractivity contribution < 1.29 is 13.9 Å². The number of anilines is 1. The largest absolute Gasteiger partial charge is 0.384 e. The van der Waals surface area contributed by atoms with Crippen LogP contribution in [0.15, 0.2) is 18.2 Å². The van der Waals surface area contributed by atoms with Gasteiger partial charge in [0.05, 0.1) is 16.8 Å². The number of aromatic nitrogens is 1. The molecule has 0 bridgehead atoms. The van der Waals surface area contributed by atoms with Crippen LogP contribution in [-0.2, 0) is 9.53 Å². The average Bonchev–Trinajstić information content (AvgIpc) is 3.24. The summed E-state index contributed by atoms with van der Waals surface area (Å²) in [6, 6.07) is 5.33. The quantitative estimate of drug-likeness (QED) is 0.869. The number of carbonyl (C=O) groups excluding carboxylic acids is 1. The fourth-order valence-electron chi connectivity index (χ4n) is 4.25. The van der Waals surface area contributed by atoms with Crippen LogP contribution < -0.4 is 10.2 Å². The molecule has 1 saturated carbocycles. The summed E-state index contributed by atoms with van der Waals surface area (Å²) in [5.41, 5.74) is 0.739. The van der Waals surface area contributed by atoms with Crippen molar-refractivity contribution >= 4 is 32.6 Å². The van der Waals surface area contributed by atoms with Crippen molar-refractivity contribution in [2.75, 3.05) is 31.7 Å². The number of fused-ring (bicyclic) bond motifs is 2. The number of ether oxygens (including phenoxy) is 1. The van der Waals surface area contributed by atoms with Gasteiger partial charge in [0.15, 0.2) is 5.13 Å². The van der Waals surface area contributed by atoms with Crippen molar-refractivity contribution in [3.8, 4) is 0 Å². The number of nitrogens with zero attached hydrogens (tertiary/aromatic N) is 2. The molecule has 1 saturated heterocycles. The molecule has 4 rings (SSSR count). The molecule has 7 heteroatoms. The summed E-state index contributed by atoms with van der Waals surface area (Å²) in [4.78, 5) is 18.9. The Hall–Kier alpha value is -1.73. The van der Waals surface area contributed by atoms with E-state index in [1.54, 1.807) is 13.2 Å². The van der Waals surface area contributed by atoms with E-state index in [1.165, 1.54) is 17.4 Å². The zero-order valence-corrected chi connectivity index (χ0v) is 15.7. The lowest BCUT2D eigenvalue weighted by Crippen LogP contribution is -2.40. The van der Waals surface area contributed by atoms with E-state index in [2.05, 4.69) is 15.2 Å². The van der Waals surface area contributed by atoms with E-state index in [9.17, 15) is 9.18 Å². The van der Waals surface area contributed by atoms with Crippen LogP contribution in [0.4, 0.5) is 9.52 Å². The van der Waals surface area contributed by atoms with Gasteiger partial charge in [-0.05, 0) is 43.2 Å². The number of rotatable bonds is 5. The van der Waals surface area contributed by atoms with Crippen molar-refractivity contribution in [2.45, 2.75) is 31.7 Å². The molecule has 3 atom stereocenters. The summed E-state index contributed by atoms with van der Waals surface area (Å²) < 4.78 is 19.6. The minimum atomic E-state index is -0.193. The molecule has 2 aromatic rings. The molecule has 140 valence electrons. The molecule has 1 amide bonds. The first-order valence-electron chi connectivity index (χ1n) is 9.22. The van der Waals surface area contributed by atoms with Crippen LogP contribution in [0.5, 0.6) is 0 Å². The summed E-state index contributed by atoms with van der Waals surface area (Å²) in [5, 5.41) is 4.07. The fraction of sp³-hybridized carbons (Fsp3) is 0.579. The second kappa shape index (κ2) is 7.48.